The highest BCUT2D eigenvalue weighted by atomic mass is 32.1. The number of aryl methyl sites for hydroxylation is 1. The van der Waals surface area contributed by atoms with E-state index in [-0.39, 0.29) is 5.91 Å². The normalized spacial score (nSPS) is 11.2. The molecule has 0 aliphatic heterocycles. The molecule has 0 unspecified atom stereocenters. The Hall–Kier alpha value is -2.96. The van der Waals surface area contributed by atoms with Crippen LogP contribution in [0.25, 0.3) is 6.08 Å². The molecule has 0 saturated heterocycles. The molecule has 0 atom stereocenters. The average molecular weight is 436 g/mol. The lowest BCUT2D eigenvalue weighted by molar-refractivity contribution is -0.116. The average Bonchev–Trinajstić information content (AvgIpc) is 3.20. The molecule has 0 aliphatic carbocycles. The van der Waals surface area contributed by atoms with Gasteiger partial charge < -0.3 is 15.0 Å². The molecule has 6 heteroatoms. The molecular weight excluding hydrogens is 406 g/mol. The highest BCUT2D eigenvalue weighted by molar-refractivity contribution is 7.09. The van der Waals surface area contributed by atoms with E-state index in [2.05, 4.69) is 46.5 Å². The maximum Gasteiger partial charge on any atom is 0.243 e. The number of benzene rings is 2. The number of hydrogen-bond acceptors (Lipinski definition) is 5. The highest BCUT2D eigenvalue weighted by Gasteiger charge is 2.02. The molecule has 3 rings (SSSR count). The van der Waals surface area contributed by atoms with Crippen LogP contribution in [0.1, 0.15) is 28.2 Å². The Kier molecular flexibility index (Phi) is 8.82. The SMILES string of the molecule is Cc1nc(COc2ccc(/C=C/C(=O)NCCCN(C)Cc3ccccc3)cc2)cs1. The van der Waals surface area contributed by atoms with E-state index in [9.17, 15) is 4.79 Å². The first-order valence-corrected chi connectivity index (χ1v) is 11.3. The molecule has 162 valence electrons. The smallest absolute Gasteiger partial charge is 0.243 e. The summed E-state index contributed by atoms with van der Waals surface area (Å²) in [6, 6.07) is 18.1. The van der Waals surface area contributed by atoms with Crippen LogP contribution in [0.3, 0.4) is 0 Å². The fraction of sp³-hybridized carbons (Fsp3) is 0.280. The van der Waals surface area contributed by atoms with Gasteiger partial charge in [0.1, 0.15) is 12.4 Å². The van der Waals surface area contributed by atoms with Crippen LogP contribution in [0.5, 0.6) is 5.75 Å². The Bertz CT molecular complexity index is 968. The molecule has 5 nitrogen and oxygen atoms in total. The molecule has 3 aromatic rings. The summed E-state index contributed by atoms with van der Waals surface area (Å²) >= 11 is 1.62. The first kappa shape index (κ1) is 22.7. The van der Waals surface area contributed by atoms with E-state index >= 15 is 0 Å². The van der Waals surface area contributed by atoms with Crippen LogP contribution >= 0.6 is 11.3 Å². The minimum atomic E-state index is -0.0788. The van der Waals surface area contributed by atoms with E-state index in [1.165, 1.54) is 5.56 Å². The number of carbonyl (C=O) groups excluding carboxylic acids is 1. The minimum absolute atomic E-state index is 0.0788. The van der Waals surface area contributed by atoms with Crippen molar-refractivity contribution in [1.29, 1.82) is 0 Å². The van der Waals surface area contributed by atoms with Gasteiger partial charge in [0.2, 0.25) is 5.91 Å². The van der Waals surface area contributed by atoms with Crippen molar-refractivity contribution in [2.24, 2.45) is 0 Å². The summed E-state index contributed by atoms with van der Waals surface area (Å²) in [4.78, 5) is 18.7. The summed E-state index contributed by atoms with van der Waals surface area (Å²) in [6.07, 6.45) is 4.29. The van der Waals surface area contributed by atoms with Crippen molar-refractivity contribution in [2.45, 2.75) is 26.5 Å². The second-order valence-corrected chi connectivity index (χ2v) is 8.48. The molecule has 0 radical (unpaired) electrons. The number of nitrogens with zero attached hydrogens (tertiary/aromatic N) is 2. The molecule has 0 spiro atoms. The zero-order valence-corrected chi connectivity index (χ0v) is 18.9. The molecule has 0 bridgehead atoms. The Morgan fingerprint density at radius 3 is 2.65 bits per heavy atom. The number of carbonyl (C=O) groups is 1. The van der Waals surface area contributed by atoms with E-state index in [1.54, 1.807) is 17.4 Å². The molecule has 1 aromatic heterocycles. The van der Waals surface area contributed by atoms with E-state index in [0.29, 0.717) is 13.2 Å². The molecule has 1 N–H and O–H groups in total. The topological polar surface area (TPSA) is 54.5 Å². The Labute approximate surface area is 188 Å². The lowest BCUT2D eigenvalue weighted by atomic mass is 10.2. The molecule has 0 saturated carbocycles. The number of hydrogen-bond donors (Lipinski definition) is 1. The van der Waals surface area contributed by atoms with Crippen molar-refractivity contribution in [2.75, 3.05) is 20.1 Å². The van der Waals surface area contributed by atoms with Crippen LogP contribution in [-0.2, 0) is 17.9 Å². The molecule has 0 fully saturated rings. The third kappa shape index (κ3) is 8.36. The standard InChI is InChI=1S/C25H29N3O2S/c1-20-27-23(19-31-20)18-30-24-12-9-21(10-13-24)11-14-25(29)26-15-6-16-28(2)17-22-7-4-3-5-8-22/h3-5,7-14,19H,6,15-18H2,1-2H3,(H,26,29)/b14-11+. The summed E-state index contributed by atoms with van der Waals surface area (Å²) in [5.41, 5.74) is 3.19. The number of nitrogens with one attached hydrogen (secondary N) is 1. The lowest BCUT2D eigenvalue weighted by Gasteiger charge is -2.16. The van der Waals surface area contributed by atoms with E-state index in [1.807, 2.05) is 48.7 Å². The van der Waals surface area contributed by atoms with Crippen molar-refractivity contribution in [3.63, 3.8) is 0 Å². The Morgan fingerprint density at radius 2 is 1.94 bits per heavy atom. The monoisotopic (exact) mass is 435 g/mol. The first-order chi connectivity index (χ1) is 15.1. The second kappa shape index (κ2) is 12.0. The van der Waals surface area contributed by atoms with Crippen molar-refractivity contribution < 1.29 is 9.53 Å². The third-order valence-corrected chi connectivity index (χ3v) is 5.49. The number of aromatic nitrogens is 1. The van der Waals surface area contributed by atoms with Gasteiger partial charge in [0.25, 0.3) is 0 Å². The van der Waals surface area contributed by atoms with Gasteiger partial charge in [-0.15, -0.1) is 11.3 Å². The van der Waals surface area contributed by atoms with Gasteiger partial charge in [-0.3, -0.25) is 4.79 Å². The second-order valence-electron chi connectivity index (χ2n) is 7.42. The van der Waals surface area contributed by atoms with Crippen molar-refractivity contribution >= 4 is 23.3 Å². The lowest BCUT2D eigenvalue weighted by Crippen LogP contribution is -2.26. The third-order valence-electron chi connectivity index (χ3n) is 4.67. The molecule has 2 aromatic carbocycles. The molecular formula is C25H29N3O2S. The van der Waals surface area contributed by atoms with Crippen LogP contribution < -0.4 is 10.1 Å². The summed E-state index contributed by atoms with van der Waals surface area (Å²) in [5.74, 6) is 0.705. The van der Waals surface area contributed by atoms with Gasteiger partial charge in [0, 0.05) is 24.5 Å². The van der Waals surface area contributed by atoms with Crippen molar-refractivity contribution in [3.8, 4) is 5.75 Å². The fourth-order valence-electron chi connectivity index (χ4n) is 3.07. The summed E-state index contributed by atoms with van der Waals surface area (Å²) in [6.45, 7) is 4.95. The number of rotatable bonds is 11. The van der Waals surface area contributed by atoms with Crippen LogP contribution in [0.2, 0.25) is 0 Å². The van der Waals surface area contributed by atoms with E-state index < -0.39 is 0 Å². The Morgan fingerprint density at radius 1 is 1.16 bits per heavy atom. The predicted octanol–water partition coefficient (Wildman–Crippen LogP) is 4.68. The minimum Gasteiger partial charge on any atom is -0.487 e. The van der Waals surface area contributed by atoms with E-state index in [4.69, 9.17) is 4.74 Å². The van der Waals surface area contributed by atoms with Crippen LogP contribution in [-0.4, -0.2) is 35.9 Å². The quantitative estimate of drug-likeness (QED) is 0.351. The predicted molar refractivity (Wildman–Crippen MR) is 127 cm³/mol. The number of amides is 1. The molecule has 31 heavy (non-hydrogen) atoms. The largest absolute Gasteiger partial charge is 0.487 e. The van der Waals surface area contributed by atoms with Gasteiger partial charge in [0.15, 0.2) is 0 Å². The summed E-state index contributed by atoms with van der Waals surface area (Å²) < 4.78 is 5.74. The number of ether oxygens (including phenoxy) is 1. The zero-order chi connectivity index (χ0) is 21.9. The molecule has 0 aliphatic rings. The van der Waals surface area contributed by atoms with Crippen LogP contribution in [0, 0.1) is 6.92 Å². The van der Waals surface area contributed by atoms with Gasteiger partial charge >= 0.3 is 0 Å². The Balaban J connectivity index is 1.32. The molecule has 1 amide bonds. The van der Waals surface area contributed by atoms with Crippen LogP contribution in [0.15, 0.2) is 66.1 Å². The zero-order valence-electron chi connectivity index (χ0n) is 18.1. The van der Waals surface area contributed by atoms with Gasteiger partial charge in [0.05, 0.1) is 10.7 Å². The van der Waals surface area contributed by atoms with Crippen LogP contribution in [0.4, 0.5) is 0 Å². The van der Waals surface area contributed by atoms with E-state index in [0.717, 1.165) is 41.5 Å². The fourth-order valence-corrected chi connectivity index (χ4v) is 3.67. The van der Waals surface area contributed by atoms with Gasteiger partial charge in [-0.2, -0.15) is 0 Å². The summed E-state index contributed by atoms with van der Waals surface area (Å²) in [7, 11) is 2.10. The maximum absolute atomic E-state index is 12.0. The maximum atomic E-state index is 12.0. The van der Waals surface area contributed by atoms with Crippen molar-refractivity contribution in [1.82, 2.24) is 15.2 Å². The van der Waals surface area contributed by atoms with Gasteiger partial charge in [-0.25, -0.2) is 4.98 Å². The van der Waals surface area contributed by atoms with Crippen molar-refractivity contribution in [3.05, 3.63) is 87.9 Å². The molecule has 1 heterocycles. The first-order valence-electron chi connectivity index (χ1n) is 10.4. The van der Waals surface area contributed by atoms with Gasteiger partial charge in [-0.1, -0.05) is 42.5 Å². The number of thiazole rings is 1. The summed E-state index contributed by atoms with van der Waals surface area (Å²) in [5, 5.41) is 5.99. The highest BCUT2D eigenvalue weighted by Crippen LogP contribution is 2.16. The van der Waals surface area contributed by atoms with Gasteiger partial charge in [-0.05, 0) is 56.3 Å².